The highest BCUT2D eigenvalue weighted by atomic mass is 35.5. The van der Waals surface area contributed by atoms with E-state index >= 15 is 0 Å². The lowest BCUT2D eigenvalue weighted by Crippen LogP contribution is -1.98. The minimum absolute atomic E-state index is 0.750. The van der Waals surface area contributed by atoms with Crippen molar-refractivity contribution in [3.05, 3.63) is 126 Å². The standard InChI is InChI=1S/C32H20ClN/c33-28-16-9-19-31(34-29-17-7-5-14-25(29)26-15-6-8-18-30(26)34)32(28)27-20-21-10-1-2-11-22(21)23-12-3-4-13-24(23)27/h1-20H. The van der Waals surface area contributed by atoms with Crippen molar-refractivity contribution in [1.29, 1.82) is 0 Å². The fourth-order valence-electron chi connectivity index (χ4n) is 5.41. The summed E-state index contributed by atoms with van der Waals surface area (Å²) < 4.78 is 2.36. The van der Waals surface area contributed by atoms with Crippen LogP contribution < -0.4 is 0 Å². The van der Waals surface area contributed by atoms with Crippen molar-refractivity contribution in [2.75, 3.05) is 0 Å². The number of nitrogens with zero attached hydrogens (tertiary/aromatic N) is 1. The van der Waals surface area contributed by atoms with Crippen LogP contribution in [-0.2, 0) is 0 Å². The van der Waals surface area contributed by atoms with Gasteiger partial charge in [0.2, 0.25) is 0 Å². The second-order valence-electron chi connectivity index (χ2n) is 8.69. The third-order valence-corrected chi connectivity index (χ3v) is 7.16. The maximum atomic E-state index is 7.02. The zero-order chi connectivity index (χ0) is 22.6. The van der Waals surface area contributed by atoms with Crippen molar-refractivity contribution in [3.63, 3.8) is 0 Å². The lowest BCUT2D eigenvalue weighted by atomic mass is 9.92. The molecule has 0 unspecified atom stereocenters. The van der Waals surface area contributed by atoms with Crippen LogP contribution in [0.25, 0.3) is 60.2 Å². The lowest BCUT2D eigenvalue weighted by molar-refractivity contribution is 1.18. The first-order valence-corrected chi connectivity index (χ1v) is 11.9. The molecule has 1 nitrogen and oxygen atoms in total. The number of fused-ring (bicyclic) bond motifs is 6. The Labute approximate surface area is 202 Å². The van der Waals surface area contributed by atoms with E-state index in [9.17, 15) is 0 Å². The third kappa shape index (κ3) is 2.74. The van der Waals surface area contributed by atoms with Crippen LogP contribution in [0.3, 0.4) is 0 Å². The molecule has 0 N–H and O–H groups in total. The minimum Gasteiger partial charge on any atom is -0.309 e. The molecule has 1 aromatic heterocycles. The summed E-state index contributed by atoms with van der Waals surface area (Å²) in [5.41, 5.74) is 5.65. The lowest BCUT2D eigenvalue weighted by Gasteiger charge is -2.18. The first-order valence-electron chi connectivity index (χ1n) is 11.5. The Kier molecular flexibility index (Phi) is 4.27. The van der Waals surface area contributed by atoms with Gasteiger partial charge in [0.05, 0.1) is 21.7 Å². The molecule has 2 heteroatoms. The van der Waals surface area contributed by atoms with Crippen molar-refractivity contribution in [3.8, 4) is 16.8 Å². The van der Waals surface area contributed by atoms with Crippen LogP contribution in [0.2, 0.25) is 5.02 Å². The molecule has 0 radical (unpaired) electrons. The summed E-state index contributed by atoms with van der Waals surface area (Å²) in [6.45, 7) is 0. The Balaban J connectivity index is 1.66. The Morgan fingerprint density at radius 2 is 1.03 bits per heavy atom. The van der Waals surface area contributed by atoms with Gasteiger partial charge in [0.1, 0.15) is 0 Å². The Morgan fingerprint density at radius 3 is 1.74 bits per heavy atom. The van der Waals surface area contributed by atoms with Gasteiger partial charge < -0.3 is 4.57 Å². The van der Waals surface area contributed by atoms with E-state index in [4.69, 9.17) is 11.6 Å². The zero-order valence-corrected chi connectivity index (χ0v) is 19.1. The Hall–Kier alpha value is -4.07. The molecular weight excluding hydrogens is 434 g/mol. The van der Waals surface area contributed by atoms with Crippen molar-refractivity contribution < 1.29 is 0 Å². The molecule has 0 aliphatic carbocycles. The monoisotopic (exact) mass is 453 g/mol. The van der Waals surface area contributed by atoms with Gasteiger partial charge in [-0.1, -0.05) is 103 Å². The smallest absolute Gasteiger partial charge is 0.0555 e. The van der Waals surface area contributed by atoms with Crippen molar-refractivity contribution in [2.24, 2.45) is 0 Å². The number of para-hydroxylation sites is 2. The molecule has 0 bridgehead atoms. The average molecular weight is 454 g/mol. The van der Waals surface area contributed by atoms with E-state index in [1.54, 1.807) is 0 Å². The van der Waals surface area contributed by atoms with Gasteiger partial charge in [0, 0.05) is 16.3 Å². The molecule has 7 aromatic rings. The molecule has 0 amide bonds. The fourth-order valence-corrected chi connectivity index (χ4v) is 5.68. The molecule has 0 atom stereocenters. The van der Waals surface area contributed by atoms with E-state index in [1.807, 2.05) is 12.1 Å². The van der Waals surface area contributed by atoms with Gasteiger partial charge in [0.25, 0.3) is 0 Å². The van der Waals surface area contributed by atoms with E-state index in [2.05, 4.69) is 114 Å². The molecule has 0 saturated carbocycles. The second-order valence-corrected chi connectivity index (χ2v) is 9.10. The molecular formula is C32H20ClN. The molecule has 34 heavy (non-hydrogen) atoms. The van der Waals surface area contributed by atoms with Crippen LogP contribution in [0.1, 0.15) is 0 Å². The van der Waals surface area contributed by atoms with E-state index in [0.717, 1.165) is 21.8 Å². The number of aromatic nitrogens is 1. The van der Waals surface area contributed by atoms with Crippen LogP contribution in [0, 0.1) is 0 Å². The second kappa shape index (κ2) is 7.48. The summed E-state index contributed by atoms with van der Waals surface area (Å²) >= 11 is 7.02. The molecule has 0 saturated heterocycles. The molecule has 6 aromatic carbocycles. The Morgan fingerprint density at radius 1 is 0.471 bits per heavy atom. The SMILES string of the molecule is Clc1cccc(-n2c3ccccc3c3ccccc32)c1-c1cc2ccccc2c2ccccc12. The molecule has 0 aliphatic heterocycles. The maximum absolute atomic E-state index is 7.02. The number of benzene rings is 6. The predicted molar refractivity (Wildman–Crippen MR) is 146 cm³/mol. The highest BCUT2D eigenvalue weighted by Crippen LogP contribution is 2.43. The van der Waals surface area contributed by atoms with Gasteiger partial charge in [-0.3, -0.25) is 0 Å². The van der Waals surface area contributed by atoms with Gasteiger partial charge in [0.15, 0.2) is 0 Å². The summed E-state index contributed by atoms with van der Waals surface area (Å²) in [5.74, 6) is 0. The van der Waals surface area contributed by atoms with Crippen LogP contribution in [-0.4, -0.2) is 4.57 Å². The van der Waals surface area contributed by atoms with E-state index in [-0.39, 0.29) is 0 Å². The van der Waals surface area contributed by atoms with Crippen LogP contribution >= 0.6 is 11.6 Å². The summed E-state index contributed by atoms with van der Waals surface area (Å²) in [6.07, 6.45) is 0. The summed E-state index contributed by atoms with van der Waals surface area (Å²) in [4.78, 5) is 0. The molecule has 1 heterocycles. The van der Waals surface area contributed by atoms with Crippen molar-refractivity contribution >= 4 is 55.0 Å². The van der Waals surface area contributed by atoms with Crippen LogP contribution in [0.15, 0.2) is 121 Å². The van der Waals surface area contributed by atoms with E-state index < -0.39 is 0 Å². The first-order chi connectivity index (χ1) is 16.8. The summed E-state index contributed by atoms with van der Waals surface area (Å²) in [5, 5.41) is 8.15. The van der Waals surface area contributed by atoms with Crippen molar-refractivity contribution in [1.82, 2.24) is 4.57 Å². The fraction of sp³-hybridized carbons (Fsp3) is 0. The zero-order valence-electron chi connectivity index (χ0n) is 18.4. The van der Waals surface area contributed by atoms with Gasteiger partial charge >= 0.3 is 0 Å². The van der Waals surface area contributed by atoms with Crippen molar-refractivity contribution in [2.45, 2.75) is 0 Å². The summed E-state index contributed by atoms with van der Waals surface area (Å²) in [7, 11) is 0. The molecule has 7 rings (SSSR count). The van der Waals surface area contributed by atoms with Gasteiger partial charge in [-0.05, 0) is 57.4 Å². The molecule has 160 valence electrons. The maximum Gasteiger partial charge on any atom is 0.0555 e. The number of hydrogen-bond donors (Lipinski definition) is 0. The van der Waals surface area contributed by atoms with E-state index in [0.29, 0.717) is 0 Å². The van der Waals surface area contributed by atoms with Gasteiger partial charge in [-0.2, -0.15) is 0 Å². The molecule has 0 fully saturated rings. The average Bonchev–Trinajstić information content (AvgIpc) is 3.23. The van der Waals surface area contributed by atoms with Gasteiger partial charge in [-0.15, -0.1) is 0 Å². The van der Waals surface area contributed by atoms with Gasteiger partial charge in [-0.25, -0.2) is 0 Å². The largest absolute Gasteiger partial charge is 0.309 e. The predicted octanol–water partition coefficient (Wildman–Crippen LogP) is 9.41. The quantitative estimate of drug-likeness (QED) is 0.230. The number of hydrogen-bond acceptors (Lipinski definition) is 0. The minimum atomic E-state index is 0.750. The third-order valence-electron chi connectivity index (χ3n) is 6.85. The number of rotatable bonds is 2. The molecule has 0 spiro atoms. The Bertz CT molecular complexity index is 1820. The highest BCUT2D eigenvalue weighted by molar-refractivity contribution is 6.34. The van der Waals surface area contributed by atoms with Crippen LogP contribution in [0.4, 0.5) is 0 Å². The number of halogens is 1. The molecule has 0 aliphatic rings. The van der Waals surface area contributed by atoms with E-state index in [1.165, 1.54) is 43.4 Å². The first kappa shape index (κ1) is 19.4. The topological polar surface area (TPSA) is 4.93 Å². The highest BCUT2D eigenvalue weighted by Gasteiger charge is 2.19. The normalized spacial score (nSPS) is 11.7. The summed E-state index contributed by atoms with van der Waals surface area (Å²) in [6, 6.07) is 42.9. The van der Waals surface area contributed by atoms with Crippen LogP contribution in [0.5, 0.6) is 0 Å².